The standard InChI is InChI=1S/C40H74O3/c1-3-5-7-9-11-13-15-17-19-20-21-23-24-26-28-30-32-34-36-38(40(42)43)39(41)37-35-33-31-29-27-25-22-18-16-14-12-10-8-6-4-2/h17-19,22,38H,3-16,20-21,23-37H2,1-2H3,(H,42,43). The summed E-state index contributed by atoms with van der Waals surface area (Å²) in [4.78, 5) is 24.2. The summed E-state index contributed by atoms with van der Waals surface area (Å²) in [7, 11) is 0. The molecule has 0 rings (SSSR count). The third kappa shape index (κ3) is 31.8. The van der Waals surface area contributed by atoms with Gasteiger partial charge in [0.1, 0.15) is 11.7 Å². The number of carbonyl (C=O) groups is 2. The summed E-state index contributed by atoms with van der Waals surface area (Å²) in [5, 5.41) is 9.58. The Balaban J connectivity index is 3.58. The van der Waals surface area contributed by atoms with Gasteiger partial charge in [-0.15, -0.1) is 0 Å². The number of carboxylic acids is 1. The minimum absolute atomic E-state index is 0.0499. The number of hydrogen-bond acceptors (Lipinski definition) is 2. The second-order valence-electron chi connectivity index (χ2n) is 13.1. The number of carbonyl (C=O) groups excluding carboxylic acids is 1. The summed E-state index contributed by atoms with van der Waals surface area (Å²) in [5.41, 5.74) is 0. The third-order valence-electron chi connectivity index (χ3n) is 8.88. The Bertz CT molecular complexity index is 650. The van der Waals surface area contributed by atoms with Crippen LogP contribution in [0.25, 0.3) is 0 Å². The van der Waals surface area contributed by atoms with E-state index in [4.69, 9.17) is 0 Å². The molecule has 0 aromatic rings. The van der Waals surface area contributed by atoms with E-state index in [1.54, 1.807) is 0 Å². The molecule has 0 heterocycles. The lowest BCUT2D eigenvalue weighted by atomic mass is 9.93. The fourth-order valence-electron chi connectivity index (χ4n) is 5.92. The first-order valence-corrected chi connectivity index (χ1v) is 19.2. The second kappa shape index (κ2) is 35.1. The van der Waals surface area contributed by atoms with Crippen molar-refractivity contribution in [2.75, 3.05) is 0 Å². The number of aliphatic carboxylic acids is 1. The smallest absolute Gasteiger partial charge is 0.314 e. The third-order valence-corrected chi connectivity index (χ3v) is 8.88. The monoisotopic (exact) mass is 603 g/mol. The molecule has 0 aromatic heterocycles. The van der Waals surface area contributed by atoms with Crippen molar-refractivity contribution in [3.63, 3.8) is 0 Å². The van der Waals surface area contributed by atoms with E-state index in [0.717, 1.165) is 44.9 Å². The van der Waals surface area contributed by atoms with Crippen LogP contribution in [0.1, 0.15) is 213 Å². The number of carboxylic acid groups (broad SMARTS) is 1. The summed E-state index contributed by atoms with van der Waals surface area (Å²) in [5.74, 6) is -1.75. The normalized spacial score (nSPS) is 12.5. The van der Waals surface area contributed by atoms with E-state index in [9.17, 15) is 14.7 Å². The van der Waals surface area contributed by atoms with Crippen LogP contribution in [0.5, 0.6) is 0 Å². The zero-order valence-electron chi connectivity index (χ0n) is 29.1. The highest BCUT2D eigenvalue weighted by Crippen LogP contribution is 2.18. The van der Waals surface area contributed by atoms with Gasteiger partial charge in [0.15, 0.2) is 0 Å². The van der Waals surface area contributed by atoms with Gasteiger partial charge in [-0.3, -0.25) is 9.59 Å². The molecular weight excluding hydrogens is 528 g/mol. The lowest BCUT2D eigenvalue weighted by molar-refractivity contribution is -0.146. The minimum atomic E-state index is -0.918. The van der Waals surface area contributed by atoms with Gasteiger partial charge in [0.05, 0.1) is 0 Å². The summed E-state index contributed by atoms with van der Waals surface area (Å²) in [6.45, 7) is 4.54. The van der Waals surface area contributed by atoms with Crippen LogP contribution in [-0.4, -0.2) is 16.9 Å². The zero-order chi connectivity index (χ0) is 31.5. The molecule has 0 spiro atoms. The minimum Gasteiger partial charge on any atom is -0.481 e. The molecule has 1 unspecified atom stereocenters. The van der Waals surface area contributed by atoms with Crippen LogP contribution < -0.4 is 0 Å². The van der Waals surface area contributed by atoms with E-state index in [2.05, 4.69) is 38.2 Å². The van der Waals surface area contributed by atoms with Crippen LogP contribution in [0.3, 0.4) is 0 Å². The molecule has 0 amide bonds. The first-order chi connectivity index (χ1) is 21.1. The molecule has 0 fully saturated rings. The van der Waals surface area contributed by atoms with Crippen molar-refractivity contribution in [2.24, 2.45) is 5.92 Å². The maximum Gasteiger partial charge on any atom is 0.314 e. The largest absolute Gasteiger partial charge is 0.481 e. The summed E-state index contributed by atoms with van der Waals surface area (Å²) >= 11 is 0. The first-order valence-electron chi connectivity index (χ1n) is 19.2. The van der Waals surface area contributed by atoms with Gasteiger partial charge in [0.2, 0.25) is 0 Å². The van der Waals surface area contributed by atoms with Crippen molar-refractivity contribution in [3.8, 4) is 0 Å². The van der Waals surface area contributed by atoms with Crippen molar-refractivity contribution in [1.82, 2.24) is 0 Å². The predicted octanol–water partition coefficient (Wildman–Crippen LogP) is 13.5. The van der Waals surface area contributed by atoms with Gasteiger partial charge in [-0.05, 0) is 64.2 Å². The van der Waals surface area contributed by atoms with E-state index in [1.165, 1.54) is 141 Å². The highest BCUT2D eigenvalue weighted by Gasteiger charge is 2.24. The van der Waals surface area contributed by atoms with Gasteiger partial charge in [0.25, 0.3) is 0 Å². The highest BCUT2D eigenvalue weighted by molar-refractivity contribution is 5.98. The SMILES string of the molecule is CCCCCCCCC=CCCCCCCCCCCC(C(=O)O)C(=O)CCCCCCCC=CCCCCCCCC. The summed E-state index contributed by atoms with van der Waals surface area (Å²) < 4.78 is 0. The second-order valence-corrected chi connectivity index (χ2v) is 13.1. The lowest BCUT2D eigenvalue weighted by Crippen LogP contribution is -2.23. The van der Waals surface area contributed by atoms with Crippen molar-refractivity contribution in [1.29, 1.82) is 0 Å². The number of Topliss-reactive ketones (excluding diaryl/α,β-unsaturated/α-hetero) is 1. The Morgan fingerprint density at radius 3 is 1.09 bits per heavy atom. The van der Waals surface area contributed by atoms with Crippen LogP contribution in [0.4, 0.5) is 0 Å². The topological polar surface area (TPSA) is 54.4 Å². The van der Waals surface area contributed by atoms with Crippen LogP contribution in [-0.2, 0) is 9.59 Å². The average Bonchev–Trinajstić information content (AvgIpc) is 3.00. The van der Waals surface area contributed by atoms with E-state index in [-0.39, 0.29) is 5.78 Å². The molecule has 3 nitrogen and oxygen atoms in total. The van der Waals surface area contributed by atoms with Gasteiger partial charge in [0, 0.05) is 6.42 Å². The Morgan fingerprint density at radius 2 is 0.744 bits per heavy atom. The van der Waals surface area contributed by atoms with Gasteiger partial charge >= 0.3 is 5.97 Å². The molecular formula is C40H74O3. The molecule has 0 aliphatic carbocycles. The van der Waals surface area contributed by atoms with E-state index >= 15 is 0 Å². The molecule has 0 radical (unpaired) electrons. The molecule has 1 atom stereocenters. The molecule has 0 saturated heterocycles. The lowest BCUT2D eigenvalue weighted by Gasteiger charge is -2.11. The Labute approximate surface area is 269 Å². The average molecular weight is 603 g/mol. The van der Waals surface area contributed by atoms with Crippen LogP contribution >= 0.6 is 0 Å². The molecule has 3 heteroatoms. The number of hydrogen-bond donors (Lipinski definition) is 1. The van der Waals surface area contributed by atoms with Gasteiger partial charge in [-0.25, -0.2) is 0 Å². The Kier molecular flexibility index (Phi) is 34.0. The van der Waals surface area contributed by atoms with E-state index in [0.29, 0.717) is 12.8 Å². The maximum atomic E-state index is 12.5. The van der Waals surface area contributed by atoms with Crippen LogP contribution in [0, 0.1) is 5.92 Å². The molecule has 0 aromatic carbocycles. The number of unbranched alkanes of at least 4 members (excludes halogenated alkanes) is 25. The summed E-state index contributed by atoms with van der Waals surface area (Å²) in [6, 6.07) is 0. The van der Waals surface area contributed by atoms with Gasteiger partial charge < -0.3 is 5.11 Å². The predicted molar refractivity (Wildman–Crippen MR) is 189 cm³/mol. The molecule has 1 N–H and O–H groups in total. The summed E-state index contributed by atoms with van der Waals surface area (Å²) in [6.07, 6.45) is 46.6. The molecule has 0 aliphatic rings. The van der Waals surface area contributed by atoms with Gasteiger partial charge in [-0.2, -0.15) is 0 Å². The van der Waals surface area contributed by atoms with E-state index in [1.807, 2.05) is 0 Å². The van der Waals surface area contributed by atoms with Crippen molar-refractivity contribution in [2.45, 2.75) is 213 Å². The highest BCUT2D eigenvalue weighted by atomic mass is 16.4. The molecule has 43 heavy (non-hydrogen) atoms. The van der Waals surface area contributed by atoms with Crippen molar-refractivity contribution in [3.05, 3.63) is 24.3 Å². The number of allylic oxidation sites excluding steroid dienone is 4. The van der Waals surface area contributed by atoms with Crippen molar-refractivity contribution >= 4 is 11.8 Å². The molecule has 0 aliphatic heterocycles. The Morgan fingerprint density at radius 1 is 0.442 bits per heavy atom. The zero-order valence-corrected chi connectivity index (χ0v) is 29.1. The molecule has 0 saturated carbocycles. The quantitative estimate of drug-likeness (QED) is 0.0446. The van der Waals surface area contributed by atoms with Gasteiger partial charge in [-0.1, -0.05) is 167 Å². The fourth-order valence-corrected chi connectivity index (χ4v) is 5.92. The number of ketones is 1. The molecule has 252 valence electrons. The maximum absolute atomic E-state index is 12.5. The van der Waals surface area contributed by atoms with E-state index < -0.39 is 11.9 Å². The Hall–Kier alpha value is -1.38. The van der Waals surface area contributed by atoms with Crippen LogP contribution in [0.2, 0.25) is 0 Å². The fraction of sp³-hybridized carbons (Fsp3) is 0.850. The van der Waals surface area contributed by atoms with Crippen LogP contribution in [0.15, 0.2) is 24.3 Å². The number of rotatable bonds is 35. The molecule has 0 bridgehead atoms. The van der Waals surface area contributed by atoms with Crippen molar-refractivity contribution < 1.29 is 14.7 Å². The first kappa shape index (κ1) is 41.6.